The number of halogens is 1. The Labute approximate surface area is 150 Å². The minimum Gasteiger partial charge on any atom is -0.456 e. The van der Waals surface area contributed by atoms with Crippen molar-refractivity contribution in [1.82, 2.24) is 4.90 Å². The van der Waals surface area contributed by atoms with Gasteiger partial charge in [0.2, 0.25) is 11.8 Å². The molecule has 25 heavy (non-hydrogen) atoms. The molecule has 2 aliphatic rings. The Balaban J connectivity index is 1.54. The van der Waals surface area contributed by atoms with E-state index in [0.717, 1.165) is 17.7 Å². The summed E-state index contributed by atoms with van der Waals surface area (Å²) in [5.41, 5.74) is 0.372. The molecule has 132 valence electrons. The quantitative estimate of drug-likeness (QED) is 0.455. The summed E-state index contributed by atoms with van der Waals surface area (Å²) in [5, 5.41) is 0.501. The van der Waals surface area contributed by atoms with E-state index in [1.807, 2.05) is 0 Å². The van der Waals surface area contributed by atoms with E-state index in [9.17, 15) is 19.2 Å². The first kappa shape index (κ1) is 17.6. The summed E-state index contributed by atoms with van der Waals surface area (Å²) >= 11 is 5.75. The number of benzene rings is 1. The number of esters is 1. The Morgan fingerprint density at radius 1 is 1.04 bits per heavy atom. The van der Waals surface area contributed by atoms with E-state index in [0.29, 0.717) is 23.4 Å². The molecule has 7 heteroatoms. The third kappa shape index (κ3) is 3.74. The lowest BCUT2D eigenvalue weighted by atomic mass is 9.81. The van der Waals surface area contributed by atoms with E-state index in [1.165, 1.54) is 12.1 Å². The van der Waals surface area contributed by atoms with Gasteiger partial charge in [-0.15, -0.1) is 0 Å². The van der Waals surface area contributed by atoms with Crippen LogP contribution in [0, 0.1) is 11.8 Å². The van der Waals surface area contributed by atoms with Crippen LogP contribution in [0.5, 0.6) is 0 Å². The van der Waals surface area contributed by atoms with Gasteiger partial charge in [-0.25, -0.2) is 0 Å². The fourth-order valence-electron chi connectivity index (χ4n) is 3.43. The maximum absolute atomic E-state index is 12.3. The number of hydrogen-bond donors (Lipinski definition) is 0. The second-order valence-electron chi connectivity index (χ2n) is 6.35. The Hall–Kier alpha value is -2.21. The van der Waals surface area contributed by atoms with Crippen LogP contribution in [-0.4, -0.2) is 41.6 Å². The van der Waals surface area contributed by atoms with E-state index in [1.54, 1.807) is 12.1 Å². The van der Waals surface area contributed by atoms with Crippen molar-refractivity contribution in [3.8, 4) is 0 Å². The second kappa shape index (κ2) is 7.35. The second-order valence-corrected chi connectivity index (χ2v) is 6.79. The monoisotopic (exact) mass is 363 g/mol. The van der Waals surface area contributed by atoms with Crippen LogP contribution in [0.1, 0.15) is 36.0 Å². The number of ketones is 1. The fourth-order valence-corrected chi connectivity index (χ4v) is 3.55. The first-order valence-corrected chi connectivity index (χ1v) is 8.65. The normalized spacial score (nSPS) is 22.7. The number of nitrogens with zero attached hydrogens (tertiary/aromatic N) is 1. The van der Waals surface area contributed by atoms with Crippen LogP contribution in [-0.2, 0) is 19.1 Å². The topological polar surface area (TPSA) is 80.8 Å². The zero-order valence-corrected chi connectivity index (χ0v) is 14.3. The SMILES string of the molecule is O=C(CN1C(=O)[C@H]2CCCC[C@@H]2C1=O)OCC(=O)c1ccc(Cl)cc1. The van der Waals surface area contributed by atoms with Gasteiger partial charge in [-0.3, -0.25) is 24.1 Å². The zero-order chi connectivity index (χ0) is 18.0. The van der Waals surface area contributed by atoms with Crippen LogP contribution in [0.25, 0.3) is 0 Å². The van der Waals surface area contributed by atoms with Crippen molar-refractivity contribution in [3.05, 3.63) is 34.9 Å². The van der Waals surface area contributed by atoms with Gasteiger partial charge in [-0.2, -0.15) is 0 Å². The van der Waals surface area contributed by atoms with Crippen molar-refractivity contribution >= 4 is 35.2 Å². The molecule has 2 fully saturated rings. The molecule has 1 aromatic carbocycles. The molecule has 0 unspecified atom stereocenters. The van der Waals surface area contributed by atoms with Gasteiger partial charge in [-0.05, 0) is 37.1 Å². The third-order valence-electron chi connectivity index (χ3n) is 4.75. The number of ether oxygens (including phenoxy) is 1. The van der Waals surface area contributed by atoms with Crippen molar-refractivity contribution in [2.75, 3.05) is 13.2 Å². The van der Waals surface area contributed by atoms with E-state index >= 15 is 0 Å². The molecule has 0 spiro atoms. The number of amides is 2. The van der Waals surface area contributed by atoms with Crippen LogP contribution in [0.2, 0.25) is 5.02 Å². The van der Waals surface area contributed by atoms with Gasteiger partial charge in [-0.1, -0.05) is 24.4 Å². The summed E-state index contributed by atoms with van der Waals surface area (Å²) in [5.74, 6) is -2.33. The minimum absolute atomic E-state index is 0.296. The molecule has 1 aliphatic heterocycles. The fraction of sp³-hybridized carbons (Fsp3) is 0.444. The average molecular weight is 364 g/mol. The lowest BCUT2D eigenvalue weighted by Gasteiger charge is -2.19. The van der Waals surface area contributed by atoms with Gasteiger partial charge >= 0.3 is 5.97 Å². The predicted molar refractivity (Wildman–Crippen MR) is 88.9 cm³/mol. The molecule has 2 amide bonds. The number of hydrogen-bond acceptors (Lipinski definition) is 5. The lowest BCUT2D eigenvalue weighted by molar-refractivity contribution is -0.152. The molecule has 1 aliphatic carbocycles. The van der Waals surface area contributed by atoms with Crippen LogP contribution in [0.4, 0.5) is 0 Å². The summed E-state index contributed by atoms with van der Waals surface area (Å²) in [4.78, 5) is 49.5. The number of carbonyl (C=O) groups is 4. The third-order valence-corrected chi connectivity index (χ3v) is 5.00. The Morgan fingerprint density at radius 3 is 2.16 bits per heavy atom. The van der Waals surface area contributed by atoms with Gasteiger partial charge in [0.1, 0.15) is 6.54 Å². The first-order chi connectivity index (χ1) is 12.0. The maximum atomic E-state index is 12.3. The highest BCUT2D eigenvalue weighted by Gasteiger charge is 2.48. The van der Waals surface area contributed by atoms with Crippen molar-refractivity contribution < 1.29 is 23.9 Å². The molecule has 1 heterocycles. The van der Waals surface area contributed by atoms with Crippen molar-refractivity contribution in [2.45, 2.75) is 25.7 Å². The summed E-state index contributed by atoms with van der Waals surface area (Å²) in [6.45, 7) is -0.873. The zero-order valence-electron chi connectivity index (χ0n) is 13.6. The number of fused-ring (bicyclic) bond motifs is 1. The highest BCUT2D eigenvalue weighted by atomic mass is 35.5. The van der Waals surface area contributed by atoms with Gasteiger partial charge in [0, 0.05) is 10.6 Å². The van der Waals surface area contributed by atoms with E-state index in [2.05, 4.69) is 0 Å². The number of rotatable bonds is 5. The molecular weight excluding hydrogens is 346 g/mol. The van der Waals surface area contributed by atoms with Gasteiger partial charge in [0.05, 0.1) is 11.8 Å². The number of likely N-dealkylation sites (tertiary alicyclic amines) is 1. The maximum Gasteiger partial charge on any atom is 0.326 e. The number of Topliss-reactive ketones (excluding diaryl/α,β-unsaturated/α-hetero) is 1. The predicted octanol–water partition coefficient (Wildman–Crippen LogP) is 2.24. The molecule has 0 radical (unpaired) electrons. The van der Waals surface area contributed by atoms with Crippen molar-refractivity contribution in [1.29, 1.82) is 0 Å². The molecule has 2 atom stereocenters. The Morgan fingerprint density at radius 2 is 1.60 bits per heavy atom. The smallest absolute Gasteiger partial charge is 0.326 e. The molecule has 1 saturated heterocycles. The summed E-state index contributed by atoms with van der Waals surface area (Å²) in [7, 11) is 0. The molecule has 6 nitrogen and oxygen atoms in total. The highest BCUT2D eigenvalue weighted by molar-refractivity contribution is 6.30. The summed E-state index contributed by atoms with van der Waals surface area (Å²) in [6.07, 6.45) is 3.23. The van der Waals surface area contributed by atoms with E-state index in [4.69, 9.17) is 16.3 Å². The standard InChI is InChI=1S/C18H18ClNO5/c19-12-7-5-11(6-8-12)15(21)10-25-16(22)9-20-17(23)13-3-1-2-4-14(13)18(20)24/h5-8,13-14H,1-4,9-10H2/t13-,14-/m0/s1. The minimum atomic E-state index is -0.761. The van der Waals surface area contributed by atoms with Crippen LogP contribution < -0.4 is 0 Å². The average Bonchev–Trinajstić information content (AvgIpc) is 2.86. The molecule has 0 bridgehead atoms. The lowest BCUT2D eigenvalue weighted by Crippen LogP contribution is -2.37. The summed E-state index contributed by atoms with van der Waals surface area (Å²) < 4.78 is 4.93. The molecular formula is C18H18ClNO5. The van der Waals surface area contributed by atoms with Gasteiger partial charge in [0.15, 0.2) is 12.4 Å². The number of imide groups is 1. The van der Waals surface area contributed by atoms with Gasteiger partial charge < -0.3 is 4.74 Å². The number of carbonyl (C=O) groups excluding carboxylic acids is 4. The molecule has 1 aromatic rings. The molecule has 0 aromatic heterocycles. The molecule has 3 rings (SSSR count). The highest BCUT2D eigenvalue weighted by Crippen LogP contribution is 2.37. The first-order valence-electron chi connectivity index (χ1n) is 8.27. The van der Waals surface area contributed by atoms with Gasteiger partial charge in [0.25, 0.3) is 0 Å². The van der Waals surface area contributed by atoms with Crippen molar-refractivity contribution in [3.63, 3.8) is 0 Å². The Kier molecular flexibility index (Phi) is 5.18. The van der Waals surface area contributed by atoms with E-state index < -0.39 is 19.1 Å². The molecule has 1 saturated carbocycles. The largest absolute Gasteiger partial charge is 0.456 e. The van der Waals surface area contributed by atoms with Crippen LogP contribution >= 0.6 is 11.6 Å². The van der Waals surface area contributed by atoms with E-state index in [-0.39, 0.29) is 29.4 Å². The molecule has 0 N–H and O–H groups in total. The van der Waals surface area contributed by atoms with Crippen molar-refractivity contribution in [2.24, 2.45) is 11.8 Å². The summed E-state index contributed by atoms with van der Waals surface area (Å²) in [6, 6.07) is 6.22. The van der Waals surface area contributed by atoms with Crippen LogP contribution in [0.15, 0.2) is 24.3 Å². The Bertz CT molecular complexity index is 691. The van der Waals surface area contributed by atoms with Crippen LogP contribution in [0.3, 0.4) is 0 Å².